The van der Waals surface area contributed by atoms with Gasteiger partial charge in [0.25, 0.3) is 0 Å². The molecule has 0 aromatic carbocycles. The minimum atomic E-state index is -0.938. The van der Waals surface area contributed by atoms with E-state index in [2.05, 4.69) is 18.0 Å². The minimum Gasteiger partial charge on any atom is -0.396 e. The summed E-state index contributed by atoms with van der Waals surface area (Å²) in [5, 5.41) is 34.5. The minimum absolute atomic E-state index is 0.0453. The maximum atomic E-state index is 13.8. The summed E-state index contributed by atoms with van der Waals surface area (Å²) in [5.41, 5.74) is -0.270. The van der Waals surface area contributed by atoms with Crippen LogP contribution in [0.25, 0.3) is 0 Å². The van der Waals surface area contributed by atoms with Crippen molar-refractivity contribution in [3.05, 3.63) is 23.8 Å². The molecule has 0 saturated heterocycles. The number of amides is 1. The fraction of sp³-hybridized carbons (Fsp3) is 0.769. The Hall–Kier alpha value is -1.50. The lowest BCUT2D eigenvalue weighted by molar-refractivity contribution is -0.141. The molecule has 6 nitrogen and oxygen atoms in total. The summed E-state index contributed by atoms with van der Waals surface area (Å²) < 4.78 is 0. The molecule has 1 amide bonds. The molecule has 0 aromatic rings. The van der Waals surface area contributed by atoms with Crippen LogP contribution in [-0.4, -0.2) is 51.9 Å². The molecule has 4 fully saturated rings. The number of hydrogen-bond donors (Lipinski definition) is 4. The second-order valence-corrected chi connectivity index (χ2v) is 11.4. The van der Waals surface area contributed by atoms with Gasteiger partial charge < -0.3 is 20.6 Å². The Morgan fingerprint density at radius 2 is 2.03 bits per heavy atom. The van der Waals surface area contributed by atoms with E-state index in [9.17, 15) is 19.8 Å². The van der Waals surface area contributed by atoms with Gasteiger partial charge in [-0.2, -0.15) is 0 Å². The van der Waals surface area contributed by atoms with Crippen molar-refractivity contribution in [2.75, 3.05) is 13.2 Å². The smallest absolute Gasteiger partial charge is 0.224 e. The predicted octanol–water partition coefficient (Wildman–Crippen LogP) is 2.28. The van der Waals surface area contributed by atoms with E-state index in [-0.39, 0.29) is 36.1 Å². The molecule has 4 N–H and O–H groups in total. The summed E-state index contributed by atoms with van der Waals surface area (Å²) in [6, 6.07) is 0. The molecule has 32 heavy (non-hydrogen) atoms. The topological polar surface area (TPSA) is 107 Å². The molecule has 1 unspecified atom stereocenters. The van der Waals surface area contributed by atoms with Crippen LogP contribution in [0, 0.1) is 34.5 Å². The van der Waals surface area contributed by atoms with Crippen LogP contribution in [0.5, 0.6) is 0 Å². The monoisotopic (exact) mass is 443 g/mol. The fourth-order valence-electron chi connectivity index (χ4n) is 8.30. The van der Waals surface area contributed by atoms with Gasteiger partial charge in [0.15, 0.2) is 0 Å². The number of carbonyl (C=O) groups is 2. The maximum Gasteiger partial charge on any atom is 0.224 e. The Morgan fingerprint density at radius 1 is 1.28 bits per heavy atom. The molecule has 6 heteroatoms. The van der Waals surface area contributed by atoms with Gasteiger partial charge in [-0.15, -0.1) is 0 Å². The fourth-order valence-corrected chi connectivity index (χ4v) is 8.30. The molecule has 0 heterocycles. The molecule has 5 aliphatic rings. The lowest BCUT2D eigenvalue weighted by Crippen LogP contribution is -2.52. The highest BCUT2D eigenvalue weighted by atomic mass is 16.3. The first-order valence-corrected chi connectivity index (χ1v) is 12.4. The average molecular weight is 444 g/mol. The number of Topliss-reactive ketones (excluding diaryl/α,β-unsaturated/α-hetero) is 1. The molecule has 8 atom stereocenters. The van der Waals surface area contributed by atoms with Crippen molar-refractivity contribution in [3.63, 3.8) is 0 Å². The van der Waals surface area contributed by atoms with E-state index in [0.717, 1.165) is 37.7 Å². The van der Waals surface area contributed by atoms with Gasteiger partial charge in [0, 0.05) is 31.4 Å². The Bertz CT molecular complexity index is 881. The Labute approximate surface area is 190 Å². The second-order valence-electron chi connectivity index (χ2n) is 11.4. The molecule has 0 aromatic heterocycles. The summed E-state index contributed by atoms with van der Waals surface area (Å²) in [7, 11) is 0. The molecule has 4 bridgehead atoms. The van der Waals surface area contributed by atoms with Gasteiger partial charge in [-0.1, -0.05) is 31.1 Å². The lowest BCUT2D eigenvalue weighted by atomic mass is 9.60. The molecule has 5 aliphatic carbocycles. The quantitative estimate of drug-likeness (QED) is 0.357. The van der Waals surface area contributed by atoms with E-state index in [1.807, 2.05) is 6.92 Å². The number of nitrogens with one attached hydrogen (secondary N) is 1. The third-order valence-electron chi connectivity index (χ3n) is 9.84. The summed E-state index contributed by atoms with van der Waals surface area (Å²) in [6.45, 7) is 6.82. The van der Waals surface area contributed by atoms with Crippen LogP contribution in [0.2, 0.25) is 0 Å². The molecule has 0 radical (unpaired) electrons. The summed E-state index contributed by atoms with van der Waals surface area (Å²) in [6.07, 6.45) is 7.82. The van der Waals surface area contributed by atoms with E-state index < -0.39 is 28.5 Å². The van der Waals surface area contributed by atoms with Crippen LogP contribution in [-0.2, 0) is 9.59 Å². The molecule has 4 saturated carbocycles. The molecule has 0 aliphatic heterocycles. The van der Waals surface area contributed by atoms with Crippen molar-refractivity contribution in [3.8, 4) is 0 Å². The third kappa shape index (κ3) is 2.82. The maximum absolute atomic E-state index is 13.8. The van der Waals surface area contributed by atoms with E-state index in [1.54, 1.807) is 0 Å². The molecular formula is C26H37NO5. The van der Waals surface area contributed by atoms with Crippen LogP contribution in [0.4, 0.5) is 0 Å². The Kier molecular flexibility index (Phi) is 5.23. The zero-order valence-electron chi connectivity index (χ0n) is 19.1. The molecule has 1 spiro atoms. The van der Waals surface area contributed by atoms with Crippen LogP contribution in [0.1, 0.15) is 64.7 Å². The van der Waals surface area contributed by atoms with E-state index in [1.165, 1.54) is 5.57 Å². The number of fused-ring (bicyclic) bond motifs is 6. The summed E-state index contributed by atoms with van der Waals surface area (Å²) in [4.78, 5) is 27.0. The van der Waals surface area contributed by atoms with Gasteiger partial charge in [0.1, 0.15) is 5.78 Å². The summed E-state index contributed by atoms with van der Waals surface area (Å²) in [5.74, 6) is -0.727. The number of aliphatic hydroxyl groups excluding tert-OH is 2. The first-order chi connectivity index (χ1) is 15.2. The van der Waals surface area contributed by atoms with Crippen LogP contribution in [0.15, 0.2) is 23.8 Å². The number of unbranched alkanes of at least 4 members (excludes halogenated alkanes) is 3. The molecule has 176 valence electrons. The van der Waals surface area contributed by atoms with Crippen molar-refractivity contribution in [1.29, 1.82) is 0 Å². The molecular weight excluding hydrogens is 406 g/mol. The van der Waals surface area contributed by atoms with Gasteiger partial charge in [0.2, 0.25) is 5.91 Å². The van der Waals surface area contributed by atoms with E-state index in [0.29, 0.717) is 32.2 Å². The number of aliphatic hydroxyl groups is 3. The standard InChI is InChI=1S/C26H37NO5/c1-15-13-25-14-26(15,32)8-7-18(25)17-11-16-12-19(29)24(2,22(16)30)20(17)21(25)23(31)27-9-5-3-4-6-10-28/h11,16,18,20-22,28,30,32H,1,3-10,12-14H2,2H3,(H,27,31)/t16-,18-,20?,21+,22-,24-,25-,26-/m0/s1. The van der Waals surface area contributed by atoms with Crippen molar-refractivity contribution in [2.45, 2.75) is 76.4 Å². The SMILES string of the molecule is C=C1C[C@]23C[C@@]1(O)CC[C@H]2C1=C[C@H]2CC(=O)[C@@](C)(C1[C@@H]3C(=O)NCCCCCCO)[C@H]2O. The van der Waals surface area contributed by atoms with Crippen LogP contribution in [0.3, 0.4) is 0 Å². The number of ketones is 1. The first-order valence-electron chi connectivity index (χ1n) is 12.4. The van der Waals surface area contributed by atoms with Gasteiger partial charge >= 0.3 is 0 Å². The van der Waals surface area contributed by atoms with Gasteiger partial charge in [-0.25, -0.2) is 0 Å². The third-order valence-corrected chi connectivity index (χ3v) is 9.84. The highest BCUT2D eigenvalue weighted by Crippen LogP contribution is 2.74. The Morgan fingerprint density at radius 3 is 2.78 bits per heavy atom. The lowest BCUT2D eigenvalue weighted by Gasteiger charge is -2.43. The van der Waals surface area contributed by atoms with Crippen molar-refractivity contribution in [2.24, 2.45) is 34.5 Å². The first kappa shape index (κ1) is 22.3. The van der Waals surface area contributed by atoms with Crippen molar-refractivity contribution >= 4 is 11.7 Å². The number of hydrogen-bond acceptors (Lipinski definition) is 5. The number of carbonyl (C=O) groups excluding carboxylic acids is 2. The number of rotatable bonds is 7. The van der Waals surface area contributed by atoms with E-state index in [4.69, 9.17) is 5.11 Å². The Balaban J connectivity index is 1.49. The van der Waals surface area contributed by atoms with E-state index >= 15 is 0 Å². The van der Waals surface area contributed by atoms with Gasteiger partial charge in [-0.3, -0.25) is 9.59 Å². The predicted molar refractivity (Wildman–Crippen MR) is 119 cm³/mol. The molecule has 5 rings (SSSR count). The zero-order chi connectivity index (χ0) is 22.9. The van der Waals surface area contributed by atoms with Crippen molar-refractivity contribution in [1.82, 2.24) is 5.32 Å². The largest absolute Gasteiger partial charge is 0.396 e. The van der Waals surface area contributed by atoms with Gasteiger partial charge in [0.05, 0.1) is 23.0 Å². The summed E-state index contributed by atoms with van der Waals surface area (Å²) >= 11 is 0. The second kappa shape index (κ2) is 7.51. The van der Waals surface area contributed by atoms with Crippen LogP contribution >= 0.6 is 0 Å². The number of allylic oxidation sites excluding steroid dienone is 1. The van der Waals surface area contributed by atoms with Crippen molar-refractivity contribution < 1.29 is 24.9 Å². The highest BCUT2D eigenvalue weighted by Gasteiger charge is 2.74. The average Bonchev–Trinajstić information content (AvgIpc) is 3.19. The normalized spacial score (nSPS) is 46.1. The highest BCUT2D eigenvalue weighted by molar-refractivity contribution is 5.92. The van der Waals surface area contributed by atoms with Gasteiger partial charge in [-0.05, 0) is 62.4 Å². The van der Waals surface area contributed by atoms with Crippen LogP contribution < -0.4 is 5.32 Å². The zero-order valence-corrected chi connectivity index (χ0v) is 19.1.